The fourth-order valence-electron chi connectivity index (χ4n) is 2.33. The number of carbonyl (C=O) groups excluding carboxylic acids is 1. The first-order chi connectivity index (χ1) is 13.3. The Balaban J connectivity index is 1.48. The Hall–Kier alpha value is -3.43. The number of alkyl halides is 3. The zero-order valence-electron chi connectivity index (χ0n) is 14.4. The number of aromatic nitrogens is 3. The molecule has 2 aromatic heterocycles. The molecule has 0 radical (unpaired) electrons. The van der Waals surface area contributed by atoms with Crippen LogP contribution in [0.3, 0.4) is 0 Å². The van der Waals surface area contributed by atoms with Crippen LogP contribution in [0.15, 0.2) is 54.9 Å². The van der Waals surface area contributed by atoms with E-state index in [-0.39, 0.29) is 24.6 Å². The van der Waals surface area contributed by atoms with Crippen LogP contribution in [-0.2, 0) is 6.18 Å². The van der Waals surface area contributed by atoms with E-state index in [4.69, 9.17) is 0 Å². The molecule has 0 fully saturated rings. The summed E-state index contributed by atoms with van der Waals surface area (Å²) in [4.78, 5) is 15.8. The summed E-state index contributed by atoms with van der Waals surface area (Å²) in [6.45, 7) is 0.461. The molecule has 0 bridgehead atoms. The lowest BCUT2D eigenvalue weighted by Gasteiger charge is -2.09. The third-order valence-electron chi connectivity index (χ3n) is 3.70. The molecule has 0 spiro atoms. The van der Waals surface area contributed by atoms with Crippen LogP contribution < -0.4 is 10.6 Å². The number of hydrogen-bond acceptors (Lipinski definition) is 4. The zero-order valence-corrected chi connectivity index (χ0v) is 14.4. The Labute approximate surface area is 157 Å². The van der Waals surface area contributed by atoms with Crippen LogP contribution in [0.2, 0.25) is 0 Å². The van der Waals surface area contributed by atoms with Crippen molar-refractivity contribution in [2.24, 2.45) is 0 Å². The van der Waals surface area contributed by atoms with Crippen molar-refractivity contribution >= 4 is 11.7 Å². The molecule has 0 atom stereocenters. The van der Waals surface area contributed by atoms with Gasteiger partial charge in [0.1, 0.15) is 11.6 Å². The molecule has 10 heteroatoms. The average Bonchev–Trinajstić information content (AvgIpc) is 3.15. The predicted octanol–water partition coefficient (Wildman–Crippen LogP) is 3.27. The summed E-state index contributed by atoms with van der Waals surface area (Å²) in [5.41, 5.74) is -0.203. The summed E-state index contributed by atoms with van der Waals surface area (Å²) in [6.07, 6.45) is -2.16. The summed E-state index contributed by atoms with van der Waals surface area (Å²) in [5.74, 6) is -0.586. The van der Waals surface area contributed by atoms with Gasteiger partial charge in [0, 0.05) is 25.5 Å². The number of rotatable bonds is 6. The van der Waals surface area contributed by atoms with Crippen molar-refractivity contribution in [1.82, 2.24) is 20.1 Å². The Morgan fingerprint density at radius 1 is 1.11 bits per heavy atom. The van der Waals surface area contributed by atoms with E-state index in [9.17, 15) is 22.4 Å². The second-order valence-corrected chi connectivity index (χ2v) is 5.74. The van der Waals surface area contributed by atoms with E-state index < -0.39 is 23.5 Å². The molecular formula is C18H15F4N5O. The fraction of sp³-hybridized carbons (Fsp3) is 0.167. The molecule has 0 unspecified atom stereocenters. The molecule has 0 saturated carbocycles. The normalized spacial score (nSPS) is 11.3. The van der Waals surface area contributed by atoms with Crippen molar-refractivity contribution in [3.63, 3.8) is 0 Å². The maximum atomic E-state index is 13.3. The van der Waals surface area contributed by atoms with Crippen molar-refractivity contribution in [2.45, 2.75) is 6.18 Å². The number of amides is 1. The molecule has 3 aromatic rings. The van der Waals surface area contributed by atoms with Gasteiger partial charge in [-0.05, 0) is 36.4 Å². The van der Waals surface area contributed by atoms with E-state index in [1.165, 1.54) is 41.2 Å². The lowest BCUT2D eigenvalue weighted by molar-refractivity contribution is -0.137. The van der Waals surface area contributed by atoms with Crippen molar-refractivity contribution in [1.29, 1.82) is 0 Å². The Kier molecular flexibility index (Phi) is 5.57. The minimum Gasteiger partial charge on any atom is -0.368 e. The summed E-state index contributed by atoms with van der Waals surface area (Å²) in [7, 11) is 0. The highest BCUT2D eigenvalue weighted by Crippen LogP contribution is 2.28. The van der Waals surface area contributed by atoms with Gasteiger partial charge in [-0.25, -0.2) is 14.1 Å². The van der Waals surface area contributed by atoms with Gasteiger partial charge in [0.2, 0.25) is 0 Å². The van der Waals surface area contributed by atoms with Gasteiger partial charge in [-0.1, -0.05) is 6.07 Å². The summed E-state index contributed by atoms with van der Waals surface area (Å²) in [5, 5.41) is 9.52. The van der Waals surface area contributed by atoms with Gasteiger partial charge in [0.25, 0.3) is 5.91 Å². The summed E-state index contributed by atoms with van der Waals surface area (Å²) >= 11 is 0. The van der Waals surface area contributed by atoms with Crippen LogP contribution in [0.1, 0.15) is 16.1 Å². The number of anilines is 1. The molecule has 0 aliphatic carbocycles. The molecule has 6 nitrogen and oxygen atoms in total. The van der Waals surface area contributed by atoms with Crippen LogP contribution in [0, 0.1) is 5.82 Å². The van der Waals surface area contributed by atoms with E-state index in [2.05, 4.69) is 20.7 Å². The van der Waals surface area contributed by atoms with Gasteiger partial charge in [0.15, 0.2) is 5.69 Å². The lowest BCUT2D eigenvalue weighted by atomic mass is 10.3. The van der Waals surface area contributed by atoms with Crippen molar-refractivity contribution < 1.29 is 22.4 Å². The molecule has 2 N–H and O–H groups in total. The number of benzene rings is 1. The molecule has 1 aromatic carbocycles. The number of nitrogens with one attached hydrogen (secondary N) is 2. The van der Waals surface area contributed by atoms with Gasteiger partial charge in [0.05, 0.1) is 11.3 Å². The second kappa shape index (κ2) is 8.07. The van der Waals surface area contributed by atoms with Crippen molar-refractivity contribution in [2.75, 3.05) is 18.4 Å². The minimum absolute atomic E-state index is 0.150. The van der Waals surface area contributed by atoms with E-state index in [1.807, 2.05) is 0 Å². The van der Waals surface area contributed by atoms with Gasteiger partial charge < -0.3 is 10.6 Å². The zero-order chi connectivity index (χ0) is 20.1. The van der Waals surface area contributed by atoms with Crippen LogP contribution in [-0.4, -0.2) is 33.8 Å². The quantitative estimate of drug-likeness (QED) is 0.498. The largest absolute Gasteiger partial charge is 0.417 e. The first kappa shape index (κ1) is 19.3. The van der Waals surface area contributed by atoms with Gasteiger partial charge in [-0.3, -0.25) is 4.79 Å². The monoisotopic (exact) mass is 393 g/mol. The standard InChI is InChI=1S/C18H15F4N5O/c19-13-2-1-3-14(10-13)27-9-6-15(26-27)17(28)24-8-7-23-16-5-4-12(11-25-16)18(20,21)22/h1-6,9-11H,7-8H2,(H,23,25)(H,24,28). The molecule has 0 aliphatic rings. The molecule has 0 saturated heterocycles. The molecule has 1 amide bonds. The summed E-state index contributed by atoms with van der Waals surface area (Å²) < 4.78 is 52.0. The molecular weight excluding hydrogens is 378 g/mol. The molecule has 2 heterocycles. The number of hydrogen-bond donors (Lipinski definition) is 2. The third kappa shape index (κ3) is 4.84. The maximum Gasteiger partial charge on any atom is 0.417 e. The summed E-state index contributed by atoms with van der Waals surface area (Å²) in [6, 6.07) is 9.41. The number of pyridine rings is 1. The second-order valence-electron chi connectivity index (χ2n) is 5.74. The average molecular weight is 393 g/mol. The fourth-order valence-corrected chi connectivity index (χ4v) is 2.33. The Morgan fingerprint density at radius 2 is 1.93 bits per heavy atom. The number of halogens is 4. The topological polar surface area (TPSA) is 71.8 Å². The van der Waals surface area contributed by atoms with E-state index in [0.717, 1.165) is 12.3 Å². The van der Waals surface area contributed by atoms with Crippen LogP contribution in [0.5, 0.6) is 0 Å². The first-order valence-electron chi connectivity index (χ1n) is 8.20. The maximum absolute atomic E-state index is 13.3. The van der Waals surface area contributed by atoms with Gasteiger partial charge in [-0.15, -0.1) is 0 Å². The van der Waals surface area contributed by atoms with Crippen LogP contribution >= 0.6 is 0 Å². The predicted molar refractivity (Wildman–Crippen MR) is 93.6 cm³/mol. The van der Waals surface area contributed by atoms with Crippen molar-refractivity contribution in [3.05, 3.63) is 71.9 Å². The smallest absolute Gasteiger partial charge is 0.368 e. The molecule has 3 rings (SSSR count). The van der Waals surface area contributed by atoms with Gasteiger partial charge in [-0.2, -0.15) is 18.3 Å². The highest BCUT2D eigenvalue weighted by atomic mass is 19.4. The SMILES string of the molecule is O=C(NCCNc1ccc(C(F)(F)F)cn1)c1ccn(-c2cccc(F)c2)n1. The molecule has 28 heavy (non-hydrogen) atoms. The van der Waals surface area contributed by atoms with Gasteiger partial charge >= 0.3 is 6.18 Å². The van der Waals surface area contributed by atoms with Crippen LogP contribution in [0.25, 0.3) is 5.69 Å². The highest BCUT2D eigenvalue weighted by Gasteiger charge is 2.30. The lowest BCUT2D eigenvalue weighted by Crippen LogP contribution is -2.29. The third-order valence-corrected chi connectivity index (χ3v) is 3.70. The van der Waals surface area contributed by atoms with E-state index >= 15 is 0 Å². The molecule has 146 valence electrons. The molecule has 0 aliphatic heterocycles. The number of carbonyl (C=O) groups is 1. The first-order valence-corrected chi connectivity index (χ1v) is 8.20. The number of nitrogens with zero attached hydrogens (tertiary/aromatic N) is 3. The van der Waals surface area contributed by atoms with Crippen molar-refractivity contribution in [3.8, 4) is 5.69 Å². The Morgan fingerprint density at radius 3 is 2.61 bits per heavy atom. The highest BCUT2D eigenvalue weighted by molar-refractivity contribution is 5.92. The van der Waals surface area contributed by atoms with Crippen LogP contribution in [0.4, 0.5) is 23.4 Å². The minimum atomic E-state index is -4.44. The Bertz CT molecular complexity index is 953. The van der Waals surface area contributed by atoms with E-state index in [1.54, 1.807) is 6.07 Å². The van der Waals surface area contributed by atoms with E-state index in [0.29, 0.717) is 5.69 Å².